The summed E-state index contributed by atoms with van der Waals surface area (Å²) in [5, 5.41) is 105. The number of ether oxygens (including phenoxy) is 2. The molecular weight excluding hydrogens is 552 g/mol. The average molecular weight is 579 g/mol. The third-order valence-electron chi connectivity index (χ3n) is 7.69. The van der Waals surface area contributed by atoms with Crippen molar-refractivity contribution in [3.8, 4) is 57.5 Å². The molecule has 2 aliphatic heterocycles. The average Bonchev–Trinajstić information content (AvgIpc) is 2.93. The first kappa shape index (κ1) is 27.0. The minimum absolute atomic E-state index is 0.00771. The summed E-state index contributed by atoms with van der Waals surface area (Å²) in [6.45, 7) is 0. The van der Waals surface area contributed by atoms with E-state index in [-0.39, 0.29) is 51.7 Å². The maximum atomic E-state index is 11.6. The molecule has 2 aliphatic rings. The predicted molar refractivity (Wildman–Crippen MR) is 143 cm³/mol. The highest BCUT2D eigenvalue weighted by Crippen LogP contribution is 2.56. The first-order valence-electron chi connectivity index (χ1n) is 12.8. The van der Waals surface area contributed by atoms with Crippen LogP contribution >= 0.6 is 0 Å². The molecule has 10 N–H and O–H groups in total. The van der Waals surface area contributed by atoms with Crippen LogP contribution in [0.4, 0.5) is 0 Å². The van der Waals surface area contributed by atoms with Crippen LogP contribution < -0.4 is 9.47 Å². The summed E-state index contributed by atoms with van der Waals surface area (Å²) in [5.74, 6) is -5.07. The van der Waals surface area contributed by atoms with E-state index in [0.717, 1.165) is 12.1 Å². The molecule has 0 saturated heterocycles. The second-order valence-electron chi connectivity index (χ2n) is 10.3. The minimum atomic E-state index is -1.60. The van der Waals surface area contributed by atoms with Crippen LogP contribution in [0.1, 0.15) is 45.9 Å². The topological polar surface area (TPSA) is 221 Å². The summed E-state index contributed by atoms with van der Waals surface area (Å²) in [5.41, 5.74) is 0.333. The van der Waals surface area contributed by atoms with E-state index in [1.807, 2.05) is 0 Å². The Morgan fingerprint density at radius 1 is 0.548 bits per heavy atom. The number of fused-ring (bicyclic) bond motifs is 2. The number of phenolic OH excluding ortho intramolecular Hbond substituents is 8. The highest BCUT2D eigenvalue weighted by atomic mass is 16.5. The molecule has 0 amide bonds. The Morgan fingerprint density at radius 2 is 1.12 bits per heavy atom. The fourth-order valence-electron chi connectivity index (χ4n) is 5.70. The van der Waals surface area contributed by atoms with E-state index in [1.165, 1.54) is 42.5 Å². The zero-order chi connectivity index (χ0) is 30.0. The van der Waals surface area contributed by atoms with Crippen molar-refractivity contribution in [3.05, 3.63) is 82.4 Å². The lowest BCUT2D eigenvalue weighted by Gasteiger charge is -2.39. The second-order valence-corrected chi connectivity index (χ2v) is 10.3. The van der Waals surface area contributed by atoms with E-state index < -0.39 is 64.8 Å². The Morgan fingerprint density at radius 3 is 1.74 bits per heavy atom. The molecule has 42 heavy (non-hydrogen) atoms. The number of aromatic hydroxyl groups is 8. The molecule has 0 radical (unpaired) electrons. The molecule has 0 saturated carbocycles. The monoisotopic (exact) mass is 578 g/mol. The van der Waals surface area contributed by atoms with Crippen molar-refractivity contribution in [2.45, 2.75) is 36.8 Å². The van der Waals surface area contributed by atoms with Crippen LogP contribution in [0.15, 0.2) is 54.6 Å². The van der Waals surface area contributed by atoms with E-state index in [4.69, 9.17) is 9.47 Å². The smallest absolute Gasteiger partial charge is 0.157 e. The van der Waals surface area contributed by atoms with Crippen LogP contribution in [0.5, 0.6) is 57.5 Å². The van der Waals surface area contributed by atoms with Crippen molar-refractivity contribution in [1.82, 2.24) is 0 Å². The van der Waals surface area contributed by atoms with Crippen LogP contribution in [0.2, 0.25) is 0 Å². The van der Waals surface area contributed by atoms with Gasteiger partial charge in [-0.05, 0) is 35.4 Å². The summed E-state index contributed by atoms with van der Waals surface area (Å²) in [6, 6.07) is 11.0. The second kappa shape index (κ2) is 9.72. The van der Waals surface area contributed by atoms with Crippen LogP contribution in [0.3, 0.4) is 0 Å². The molecule has 6 rings (SSSR count). The lowest BCUT2D eigenvalue weighted by Crippen LogP contribution is -2.35. The molecule has 218 valence electrons. The molecule has 4 aromatic rings. The molecule has 0 spiro atoms. The molecule has 0 aromatic heterocycles. The quantitative estimate of drug-likeness (QED) is 0.159. The molecule has 12 nitrogen and oxygen atoms in total. The maximum absolute atomic E-state index is 11.6. The van der Waals surface area contributed by atoms with E-state index >= 15 is 0 Å². The Kier molecular flexibility index (Phi) is 6.24. The molecule has 0 aliphatic carbocycles. The molecule has 5 atom stereocenters. The van der Waals surface area contributed by atoms with E-state index in [2.05, 4.69) is 0 Å². The van der Waals surface area contributed by atoms with Gasteiger partial charge in [-0.1, -0.05) is 12.1 Å². The zero-order valence-electron chi connectivity index (χ0n) is 21.6. The Hall–Kier alpha value is -5.20. The third kappa shape index (κ3) is 4.24. The number of hydrogen-bond donors (Lipinski definition) is 10. The van der Waals surface area contributed by atoms with Crippen LogP contribution in [-0.2, 0) is 6.42 Å². The van der Waals surface area contributed by atoms with E-state index in [0.29, 0.717) is 5.56 Å². The van der Waals surface area contributed by atoms with Gasteiger partial charge < -0.3 is 60.5 Å². The first-order chi connectivity index (χ1) is 19.9. The zero-order valence-corrected chi connectivity index (χ0v) is 21.6. The summed E-state index contributed by atoms with van der Waals surface area (Å²) in [6.07, 6.45) is -5.31. The summed E-state index contributed by atoms with van der Waals surface area (Å²) in [4.78, 5) is 0. The highest BCUT2D eigenvalue weighted by molar-refractivity contribution is 5.65. The predicted octanol–water partition coefficient (Wildman–Crippen LogP) is 3.00. The number of hydrogen-bond acceptors (Lipinski definition) is 12. The van der Waals surface area contributed by atoms with Gasteiger partial charge >= 0.3 is 0 Å². The lowest BCUT2D eigenvalue weighted by molar-refractivity contribution is 0.00573. The lowest BCUT2D eigenvalue weighted by atomic mass is 9.77. The fraction of sp³-hybridized carbons (Fsp3) is 0.200. The molecule has 4 aromatic carbocycles. The van der Waals surface area contributed by atoms with Crippen molar-refractivity contribution < 1.29 is 60.5 Å². The Bertz CT molecular complexity index is 1720. The Balaban J connectivity index is 1.47. The first-order valence-corrected chi connectivity index (χ1v) is 12.8. The molecular formula is C30H26O12. The molecule has 12 heteroatoms. The minimum Gasteiger partial charge on any atom is -0.508 e. The van der Waals surface area contributed by atoms with Crippen molar-refractivity contribution in [1.29, 1.82) is 0 Å². The summed E-state index contributed by atoms with van der Waals surface area (Å²) >= 11 is 0. The van der Waals surface area contributed by atoms with E-state index in [9.17, 15) is 51.1 Å². The van der Waals surface area contributed by atoms with Crippen molar-refractivity contribution >= 4 is 0 Å². The van der Waals surface area contributed by atoms with Gasteiger partial charge in [-0.3, -0.25) is 0 Å². The molecule has 0 fully saturated rings. The maximum Gasteiger partial charge on any atom is 0.157 e. The largest absolute Gasteiger partial charge is 0.508 e. The SMILES string of the molecule is Oc1cc(O)c2c(c1)O[C@H](c1ccc(O)c(O)c1)[C@@H](O)C2c1c(O)cc2c(c1O)C[C@H](O)[C@@H](c1ccc(O)c(O)c1)O2. The molecule has 1 unspecified atom stereocenters. The van der Waals surface area contributed by atoms with Crippen LogP contribution in [-0.4, -0.2) is 63.3 Å². The van der Waals surface area contributed by atoms with Gasteiger partial charge in [-0.2, -0.15) is 0 Å². The van der Waals surface area contributed by atoms with Gasteiger partial charge in [0.2, 0.25) is 0 Å². The van der Waals surface area contributed by atoms with Gasteiger partial charge in [0.25, 0.3) is 0 Å². The van der Waals surface area contributed by atoms with Gasteiger partial charge in [-0.25, -0.2) is 0 Å². The van der Waals surface area contributed by atoms with Crippen molar-refractivity contribution in [3.63, 3.8) is 0 Å². The van der Waals surface area contributed by atoms with E-state index in [1.54, 1.807) is 0 Å². The van der Waals surface area contributed by atoms with Gasteiger partial charge in [-0.15, -0.1) is 0 Å². The van der Waals surface area contributed by atoms with Crippen molar-refractivity contribution in [2.75, 3.05) is 0 Å². The van der Waals surface area contributed by atoms with Crippen molar-refractivity contribution in [2.24, 2.45) is 0 Å². The van der Waals surface area contributed by atoms with Gasteiger partial charge in [0.05, 0.1) is 12.0 Å². The summed E-state index contributed by atoms with van der Waals surface area (Å²) in [7, 11) is 0. The Labute approximate surface area is 237 Å². The van der Waals surface area contributed by atoms with Gasteiger partial charge in [0, 0.05) is 41.3 Å². The standard InChI is InChI=1S/C30H26O12/c31-13-7-19(36)24-23(8-13)42-30(12-2-4-16(33)18(35)6-12)28(40)26(24)25-20(37)10-22-14(27(25)39)9-21(38)29(41-22)11-1-3-15(32)17(34)5-11/h1-8,10,21,26,28-40H,9H2/t21-,26?,28-,29+,30+/m0/s1. The number of rotatable bonds is 3. The number of phenols is 8. The van der Waals surface area contributed by atoms with Crippen LogP contribution in [0, 0.1) is 0 Å². The fourth-order valence-corrected chi connectivity index (χ4v) is 5.70. The highest BCUT2D eigenvalue weighted by Gasteiger charge is 2.45. The molecule has 2 heterocycles. The number of benzene rings is 4. The number of aliphatic hydroxyl groups is 2. The normalized spacial score (nSPS) is 22.9. The third-order valence-corrected chi connectivity index (χ3v) is 7.69. The number of aliphatic hydroxyl groups excluding tert-OH is 2. The van der Waals surface area contributed by atoms with Crippen LogP contribution in [0.25, 0.3) is 0 Å². The molecule has 0 bridgehead atoms. The van der Waals surface area contributed by atoms with Gasteiger partial charge in [0.1, 0.15) is 46.7 Å². The van der Waals surface area contributed by atoms with Gasteiger partial charge in [0.15, 0.2) is 29.1 Å². The summed E-state index contributed by atoms with van der Waals surface area (Å²) < 4.78 is 11.8.